The van der Waals surface area contributed by atoms with Crippen LogP contribution in [0.25, 0.3) is 0 Å². The van der Waals surface area contributed by atoms with E-state index in [0.717, 1.165) is 5.56 Å². The van der Waals surface area contributed by atoms with Gasteiger partial charge >= 0.3 is 0 Å². The first kappa shape index (κ1) is 13.4. The summed E-state index contributed by atoms with van der Waals surface area (Å²) in [6.07, 6.45) is 0. The summed E-state index contributed by atoms with van der Waals surface area (Å²) < 4.78 is 5.11. The van der Waals surface area contributed by atoms with E-state index in [2.05, 4.69) is 0 Å². The van der Waals surface area contributed by atoms with Crippen LogP contribution >= 0.6 is 11.6 Å². The highest BCUT2D eigenvalue weighted by molar-refractivity contribution is 6.32. The van der Waals surface area contributed by atoms with E-state index in [4.69, 9.17) is 22.1 Å². The third-order valence-electron chi connectivity index (χ3n) is 2.96. The van der Waals surface area contributed by atoms with Gasteiger partial charge in [-0.15, -0.1) is 0 Å². The van der Waals surface area contributed by atoms with Gasteiger partial charge in [-0.1, -0.05) is 29.8 Å². The lowest BCUT2D eigenvalue weighted by Crippen LogP contribution is -2.06. The molecule has 0 unspecified atom stereocenters. The van der Waals surface area contributed by atoms with Crippen LogP contribution in [0.4, 0.5) is 5.69 Å². The lowest BCUT2D eigenvalue weighted by atomic mass is 10.0. The van der Waals surface area contributed by atoms with E-state index < -0.39 is 0 Å². The van der Waals surface area contributed by atoms with Crippen molar-refractivity contribution in [3.63, 3.8) is 0 Å². The van der Waals surface area contributed by atoms with Crippen molar-refractivity contribution in [3.05, 3.63) is 58.1 Å². The molecule has 0 saturated carbocycles. The summed E-state index contributed by atoms with van der Waals surface area (Å²) in [6, 6.07) is 10.3. The zero-order chi connectivity index (χ0) is 14.0. The van der Waals surface area contributed by atoms with Crippen molar-refractivity contribution in [1.29, 1.82) is 0 Å². The number of carbonyl (C=O) groups excluding carboxylic acids is 1. The second kappa shape index (κ2) is 5.33. The normalized spacial score (nSPS) is 10.3. The lowest BCUT2D eigenvalue weighted by molar-refractivity contribution is 0.103. The number of halogens is 1. The van der Waals surface area contributed by atoms with Gasteiger partial charge in [0.1, 0.15) is 5.75 Å². The molecule has 0 bridgehead atoms. The minimum atomic E-state index is -0.168. The number of aryl methyl sites for hydroxylation is 1. The summed E-state index contributed by atoms with van der Waals surface area (Å²) in [5.41, 5.74) is 8.11. The molecule has 3 nitrogen and oxygen atoms in total. The molecule has 2 aromatic carbocycles. The Morgan fingerprint density at radius 3 is 2.63 bits per heavy atom. The molecular weight excluding hydrogens is 262 g/mol. The van der Waals surface area contributed by atoms with Gasteiger partial charge in [-0.2, -0.15) is 0 Å². The second-order valence-corrected chi connectivity index (χ2v) is 4.62. The summed E-state index contributed by atoms with van der Waals surface area (Å²) in [4.78, 5) is 12.4. The molecule has 0 fully saturated rings. The third kappa shape index (κ3) is 2.56. The van der Waals surface area contributed by atoms with Gasteiger partial charge < -0.3 is 10.5 Å². The number of benzene rings is 2. The summed E-state index contributed by atoms with van der Waals surface area (Å²) in [7, 11) is 1.52. The topological polar surface area (TPSA) is 52.3 Å². The lowest BCUT2D eigenvalue weighted by Gasteiger charge is -2.09. The average Bonchev–Trinajstić information content (AvgIpc) is 2.41. The van der Waals surface area contributed by atoms with Crippen molar-refractivity contribution in [3.8, 4) is 5.75 Å². The van der Waals surface area contributed by atoms with Crippen molar-refractivity contribution in [2.45, 2.75) is 6.92 Å². The first-order chi connectivity index (χ1) is 9.04. The molecule has 0 aliphatic carbocycles. The summed E-state index contributed by atoms with van der Waals surface area (Å²) in [5, 5.41) is 0.562. The molecule has 0 atom stereocenters. The van der Waals surface area contributed by atoms with Gasteiger partial charge in [0.15, 0.2) is 5.78 Å². The summed E-state index contributed by atoms with van der Waals surface area (Å²) in [5.74, 6) is 0.322. The Morgan fingerprint density at radius 2 is 2.00 bits per heavy atom. The molecule has 0 aliphatic heterocycles. The largest absolute Gasteiger partial charge is 0.495 e. The highest BCUT2D eigenvalue weighted by atomic mass is 35.5. The maximum Gasteiger partial charge on any atom is 0.195 e. The van der Waals surface area contributed by atoms with Crippen LogP contribution in [0.3, 0.4) is 0 Å². The first-order valence-electron chi connectivity index (χ1n) is 5.78. The number of nitrogens with two attached hydrogens (primary N) is 1. The minimum absolute atomic E-state index is 0.168. The van der Waals surface area contributed by atoms with Gasteiger partial charge in [0, 0.05) is 16.1 Å². The second-order valence-electron chi connectivity index (χ2n) is 4.21. The maximum absolute atomic E-state index is 12.4. The highest BCUT2D eigenvalue weighted by Gasteiger charge is 2.15. The molecule has 98 valence electrons. The van der Waals surface area contributed by atoms with E-state index in [0.29, 0.717) is 27.6 Å². The zero-order valence-corrected chi connectivity index (χ0v) is 11.5. The van der Waals surface area contributed by atoms with E-state index in [9.17, 15) is 4.79 Å². The maximum atomic E-state index is 12.4. The molecule has 0 heterocycles. The molecule has 0 aliphatic rings. The third-order valence-corrected chi connectivity index (χ3v) is 3.37. The number of nitrogen functional groups attached to an aromatic ring is 1. The van der Waals surface area contributed by atoms with E-state index in [1.807, 2.05) is 13.0 Å². The van der Waals surface area contributed by atoms with E-state index in [1.54, 1.807) is 30.3 Å². The van der Waals surface area contributed by atoms with Crippen LogP contribution in [0.5, 0.6) is 5.75 Å². The predicted octanol–water partition coefficient (Wildman–Crippen LogP) is 3.47. The monoisotopic (exact) mass is 275 g/mol. The highest BCUT2D eigenvalue weighted by Crippen LogP contribution is 2.27. The van der Waals surface area contributed by atoms with Crippen molar-refractivity contribution in [1.82, 2.24) is 0 Å². The Balaban J connectivity index is 2.47. The average molecular weight is 276 g/mol. The van der Waals surface area contributed by atoms with Crippen LogP contribution in [-0.4, -0.2) is 12.9 Å². The SMILES string of the molecule is COc1cccc(C(=O)c2ccc(C)c(Cl)c2)c1N. The van der Waals surface area contributed by atoms with E-state index in [-0.39, 0.29) is 5.78 Å². The smallest absolute Gasteiger partial charge is 0.195 e. The fourth-order valence-corrected chi connectivity index (χ4v) is 1.99. The number of para-hydroxylation sites is 1. The summed E-state index contributed by atoms with van der Waals surface area (Å²) >= 11 is 6.04. The fourth-order valence-electron chi connectivity index (χ4n) is 1.81. The Labute approximate surface area is 117 Å². The van der Waals surface area contributed by atoms with Gasteiger partial charge in [0.05, 0.1) is 12.8 Å². The molecule has 0 radical (unpaired) electrons. The molecule has 0 saturated heterocycles. The number of ketones is 1. The number of carbonyl (C=O) groups is 1. The van der Waals surface area contributed by atoms with Gasteiger partial charge in [0.25, 0.3) is 0 Å². The van der Waals surface area contributed by atoms with Crippen molar-refractivity contribution < 1.29 is 9.53 Å². The quantitative estimate of drug-likeness (QED) is 0.689. The van der Waals surface area contributed by atoms with E-state index in [1.165, 1.54) is 7.11 Å². The van der Waals surface area contributed by atoms with Crippen LogP contribution in [-0.2, 0) is 0 Å². The molecular formula is C15H14ClNO2. The number of hydrogen-bond acceptors (Lipinski definition) is 3. The Kier molecular flexibility index (Phi) is 3.76. The van der Waals surface area contributed by atoms with Gasteiger partial charge in [0.2, 0.25) is 0 Å². The van der Waals surface area contributed by atoms with Crippen LogP contribution in [0.1, 0.15) is 21.5 Å². The summed E-state index contributed by atoms with van der Waals surface area (Å²) in [6.45, 7) is 1.89. The number of ether oxygens (including phenoxy) is 1. The van der Waals surface area contributed by atoms with Gasteiger partial charge in [-0.05, 0) is 30.7 Å². The van der Waals surface area contributed by atoms with Crippen molar-refractivity contribution in [2.24, 2.45) is 0 Å². The minimum Gasteiger partial charge on any atom is -0.495 e. The molecule has 0 spiro atoms. The standard InChI is InChI=1S/C15H14ClNO2/c1-9-6-7-10(8-12(9)16)15(18)11-4-3-5-13(19-2)14(11)17/h3-8H,17H2,1-2H3. The van der Waals surface area contributed by atoms with E-state index >= 15 is 0 Å². The molecule has 0 amide bonds. The first-order valence-corrected chi connectivity index (χ1v) is 6.15. The fraction of sp³-hybridized carbons (Fsp3) is 0.133. The number of rotatable bonds is 3. The van der Waals surface area contributed by atoms with Crippen LogP contribution in [0.15, 0.2) is 36.4 Å². The van der Waals surface area contributed by atoms with Gasteiger partial charge in [-0.25, -0.2) is 0 Å². The molecule has 19 heavy (non-hydrogen) atoms. The van der Waals surface area contributed by atoms with Gasteiger partial charge in [-0.3, -0.25) is 4.79 Å². The number of anilines is 1. The Bertz CT molecular complexity index is 638. The zero-order valence-electron chi connectivity index (χ0n) is 10.7. The molecule has 4 heteroatoms. The molecule has 2 rings (SSSR count). The predicted molar refractivity (Wildman–Crippen MR) is 77.0 cm³/mol. The van der Waals surface area contributed by atoms with Crippen LogP contribution < -0.4 is 10.5 Å². The van der Waals surface area contributed by atoms with Crippen LogP contribution in [0.2, 0.25) is 5.02 Å². The van der Waals surface area contributed by atoms with Crippen molar-refractivity contribution >= 4 is 23.1 Å². The Hall–Kier alpha value is -2.00. The molecule has 0 aromatic heterocycles. The number of methoxy groups -OCH3 is 1. The van der Waals surface area contributed by atoms with Crippen molar-refractivity contribution in [2.75, 3.05) is 12.8 Å². The molecule has 2 N–H and O–H groups in total. The Morgan fingerprint density at radius 1 is 1.26 bits per heavy atom. The number of hydrogen-bond donors (Lipinski definition) is 1. The molecule has 2 aromatic rings. The van der Waals surface area contributed by atoms with Crippen LogP contribution in [0, 0.1) is 6.92 Å².